The van der Waals surface area contributed by atoms with Gasteiger partial charge in [-0.05, 0) is 57.1 Å². The van der Waals surface area contributed by atoms with Crippen molar-refractivity contribution in [1.29, 1.82) is 0 Å². The topological polar surface area (TPSA) is 6.48 Å². The van der Waals surface area contributed by atoms with Gasteiger partial charge in [0.15, 0.2) is 0 Å². The molecule has 1 aliphatic carbocycles. The van der Waals surface area contributed by atoms with E-state index in [0.29, 0.717) is 12.1 Å². The third kappa shape index (κ3) is 1.80. The molecule has 0 fully saturated rings. The zero-order chi connectivity index (χ0) is 12.0. The largest absolute Gasteiger partial charge is 0.306 e. The Kier molecular flexibility index (Phi) is 2.72. The Bertz CT molecular complexity index is 425. The summed E-state index contributed by atoms with van der Waals surface area (Å²) in [5.41, 5.74) is 4.84. The SMILES string of the molecule is CN(C)C1Cc2cccc3c2C(C1)N(C)CC3. The Hall–Kier alpha value is -0.860. The number of hydrogen-bond acceptors (Lipinski definition) is 2. The summed E-state index contributed by atoms with van der Waals surface area (Å²) in [5.74, 6) is 0. The highest BCUT2D eigenvalue weighted by Crippen LogP contribution is 2.39. The van der Waals surface area contributed by atoms with Crippen LogP contribution in [0.4, 0.5) is 0 Å². The molecule has 0 aromatic heterocycles. The van der Waals surface area contributed by atoms with Crippen LogP contribution in [0.15, 0.2) is 18.2 Å². The molecule has 0 saturated carbocycles. The molecule has 17 heavy (non-hydrogen) atoms. The van der Waals surface area contributed by atoms with Crippen LogP contribution >= 0.6 is 0 Å². The van der Waals surface area contributed by atoms with Crippen LogP contribution in [-0.2, 0) is 12.8 Å². The summed E-state index contributed by atoms with van der Waals surface area (Å²) in [6.07, 6.45) is 3.73. The quantitative estimate of drug-likeness (QED) is 0.729. The van der Waals surface area contributed by atoms with Gasteiger partial charge in [0.05, 0.1) is 0 Å². The van der Waals surface area contributed by atoms with Gasteiger partial charge in [-0.15, -0.1) is 0 Å². The van der Waals surface area contributed by atoms with Crippen LogP contribution < -0.4 is 0 Å². The Morgan fingerprint density at radius 3 is 2.76 bits per heavy atom. The van der Waals surface area contributed by atoms with E-state index in [4.69, 9.17) is 0 Å². The molecule has 0 amide bonds. The first kappa shape index (κ1) is 11.2. The van der Waals surface area contributed by atoms with Crippen molar-refractivity contribution >= 4 is 0 Å². The van der Waals surface area contributed by atoms with E-state index in [0.717, 1.165) is 0 Å². The molecule has 0 spiro atoms. The molecule has 1 aromatic carbocycles. The molecule has 2 atom stereocenters. The van der Waals surface area contributed by atoms with E-state index < -0.39 is 0 Å². The monoisotopic (exact) mass is 230 g/mol. The molecule has 3 rings (SSSR count). The van der Waals surface area contributed by atoms with Crippen molar-refractivity contribution in [3.05, 3.63) is 34.9 Å². The zero-order valence-electron chi connectivity index (χ0n) is 11.1. The highest BCUT2D eigenvalue weighted by atomic mass is 15.2. The second-order valence-electron chi connectivity index (χ2n) is 5.79. The molecular formula is C15H22N2. The van der Waals surface area contributed by atoms with Crippen LogP contribution in [0.3, 0.4) is 0 Å². The summed E-state index contributed by atoms with van der Waals surface area (Å²) in [6.45, 7) is 1.21. The maximum Gasteiger partial charge on any atom is 0.0365 e. The molecule has 2 aliphatic rings. The van der Waals surface area contributed by atoms with Gasteiger partial charge in [-0.2, -0.15) is 0 Å². The highest BCUT2D eigenvalue weighted by Gasteiger charge is 2.34. The standard InChI is InChI=1S/C15H22N2/c1-16(2)13-9-12-6-4-5-11-7-8-17(3)14(10-13)15(11)12/h4-6,13-14H,7-10H2,1-3H3. The van der Waals surface area contributed by atoms with Gasteiger partial charge in [-0.25, -0.2) is 0 Å². The number of nitrogens with zero attached hydrogens (tertiary/aromatic N) is 2. The van der Waals surface area contributed by atoms with E-state index in [1.165, 1.54) is 25.8 Å². The lowest BCUT2D eigenvalue weighted by atomic mass is 9.78. The predicted octanol–water partition coefficient (Wildman–Crippen LogP) is 2.09. The van der Waals surface area contributed by atoms with Crippen LogP contribution in [0.5, 0.6) is 0 Å². The van der Waals surface area contributed by atoms with E-state index in [1.54, 1.807) is 16.7 Å². The van der Waals surface area contributed by atoms with Gasteiger partial charge in [0, 0.05) is 18.6 Å². The molecule has 0 bridgehead atoms. The predicted molar refractivity (Wildman–Crippen MR) is 71.3 cm³/mol. The van der Waals surface area contributed by atoms with Crippen LogP contribution in [0, 0.1) is 0 Å². The fourth-order valence-corrected chi connectivity index (χ4v) is 3.45. The second-order valence-corrected chi connectivity index (χ2v) is 5.79. The molecule has 2 heteroatoms. The zero-order valence-corrected chi connectivity index (χ0v) is 11.1. The van der Waals surface area contributed by atoms with Crippen LogP contribution in [0.2, 0.25) is 0 Å². The lowest BCUT2D eigenvalue weighted by Gasteiger charge is -2.43. The maximum absolute atomic E-state index is 2.54. The molecule has 0 saturated heterocycles. The molecular weight excluding hydrogens is 208 g/mol. The van der Waals surface area contributed by atoms with E-state index in [1.807, 2.05) is 0 Å². The lowest BCUT2D eigenvalue weighted by molar-refractivity contribution is 0.152. The Morgan fingerprint density at radius 2 is 2.00 bits per heavy atom. The van der Waals surface area contributed by atoms with Gasteiger partial charge in [-0.1, -0.05) is 18.2 Å². The molecule has 1 heterocycles. The van der Waals surface area contributed by atoms with Crippen molar-refractivity contribution in [2.24, 2.45) is 0 Å². The van der Waals surface area contributed by atoms with Crippen LogP contribution in [0.1, 0.15) is 29.2 Å². The number of hydrogen-bond donors (Lipinski definition) is 0. The normalized spacial score (nSPS) is 28.2. The number of benzene rings is 1. The van der Waals surface area contributed by atoms with Gasteiger partial charge in [-0.3, -0.25) is 4.90 Å². The first-order valence-electron chi connectivity index (χ1n) is 6.64. The van der Waals surface area contributed by atoms with Crippen LogP contribution in [-0.4, -0.2) is 43.5 Å². The maximum atomic E-state index is 2.54. The first-order chi connectivity index (χ1) is 8.16. The summed E-state index contributed by atoms with van der Waals surface area (Å²) in [4.78, 5) is 4.93. The molecule has 2 unspecified atom stereocenters. The summed E-state index contributed by atoms with van der Waals surface area (Å²) >= 11 is 0. The smallest absolute Gasteiger partial charge is 0.0365 e. The third-order valence-electron chi connectivity index (χ3n) is 4.57. The molecule has 1 aromatic rings. The molecule has 2 nitrogen and oxygen atoms in total. The molecule has 92 valence electrons. The Morgan fingerprint density at radius 1 is 1.24 bits per heavy atom. The van der Waals surface area contributed by atoms with E-state index in [9.17, 15) is 0 Å². The van der Waals surface area contributed by atoms with Crippen molar-refractivity contribution in [3.8, 4) is 0 Å². The molecule has 0 radical (unpaired) electrons. The number of rotatable bonds is 1. The van der Waals surface area contributed by atoms with Crippen molar-refractivity contribution < 1.29 is 0 Å². The van der Waals surface area contributed by atoms with E-state index in [-0.39, 0.29) is 0 Å². The van der Waals surface area contributed by atoms with Gasteiger partial charge >= 0.3 is 0 Å². The van der Waals surface area contributed by atoms with Crippen molar-refractivity contribution in [3.63, 3.8) is 0 Å². The van der Waals surface area contributed by atoms with Crippen molar-refractivity contribution in [2.45, 2.75) is 31.3 Å². The summed E-state index contributed by atoms with van der Waals surface area (Å²) in [6, 6.07) is 8.25. The van der Waals surface area contributed by atoms with Gasteiger partial charge in [0.1, 0.15) is 0 Å². The summed E-state index contributed by atoms with van der Waals surface area (Å²) < 4.78 is 0. The highest BCUT2D eigenvalue weighted by molar-refractivity contribution is 5.42. The second kappa shape index (κ2) is 4.11. The lowest BCUT2D eigenvalue weighted by Crippen LogP contribution is -2.43. The third-order valence-corrected chi connectivity index (χ3v) is 4.57. The molecule has 1 aliphatic heterocycles. The average Bonchev–Trinajstić information content (AvgIpc) is 2.33. The minimum Gasteiger partial charge on any atom is -0.306 e. The fourth-order valence-electron chi connectivity index (χ4n) is 3.45. The minimum atomic E-state index is 0.649. The van der Waals surface area contributed by atoms with Crippen LogP contribution in [0.25, 0.3) is 0 Å². The number of likely N-dealkylation sites (N-methyl/N-ethyl adjacent to an activating group) is 2. The van der Waals surface area contributed by atoms with Crippen molar-refractivity contribution in [1.82, 2.24) is 9.80 Å². The minimum absolute atomic E-state index is 0.649. The Labute approximate surface area is 104 Å². The van der Waals surface area contributed by atoms with Gasteiger partial charge in [0.2, 0.25) is 0 Å². The fraction of sp³-hybridized carbons (Fsp3) is 0.600. The van der Waals surface area contributed by atoms with Gasteiger partial charge in [0.25, 0.3) is 0 Å². The Balaban J connectivity index is 2.05. The van der Waals surface area contributed by atoms with E-state index in [2.05, 4.69) is 49.1 Å². The summed E-state index contributed by atoms with van der Waals surface area (Å²) in [7, 11) is 6.70. The van der Waals surface area contributed by atoms with Crippen molar-refractivity contribution in [2.75, 3.05) is 27.7 Å². The first-order valence-corrected chi connectivity index (χ1v) is 6.64. The van der Waals surface area contributed by atoms with E-state index >= 15 is 0 Å². The average molecular weight is 230 g/mol. The molecule has 0 N–H and O–H groups in total. The summed E-state index contributed by atoms with van der Waals surface area (Å²) in [5, 5.41) is 0. The van der Waals surface area contributed by atoms with Gasteiger partial charge < -0.3 is 4.90 Å².